The van der Waals surface area contributed by atoms with Crippen molar-refractivity contribution >= 4 is 22.7 Å². The average Bonchev–Trinajstić information content (AvgIpc) is 2.70. The molecule has 0 aliphatic rings. The number of aliphatic hydroxyl groups is 1. The first-order chi connectivity index (χ1) is 12.7. The van der Waals surface area contributed by atoms with E-state index in [-0.39, 0.29) is 0 Å². The highest BCUT2D eigenvalue weighted by atomic mass is 16.3. The number of hydrogen-bond donors (Lipinski definition) is 3. The zero-order valence-electron chi connectivity index (χ0n) is 14.1. The summed E-state index contributed by atoms with van der Waals surface area (Å²) in [5, 5.41) is 15.5. The van der Waals surface area contributed by atoms with Gasteiger partial charge in [-0.2, -0.15) is 0 Å². The highest BCUT2D eigenvalue weighted by molar-refractivity contribution is 5.99. The van der Waals surface area contributed by atoms with Crippen LogP contribution in [0, 0.1) is 0 Å². The van der Waals surface area contributed by atoms with Gasteiger partial charge in [0.1, 0.15) is 6.04 Å². The van der Waals surface area contributed by atoms with Crippen LogP contribution in [0.15, 0.2) is 66.9 Å². The quantitative estimate of drug-likeness (QED) is 0.631. The van der Waals surface area contributed by atoms with Gasteiger partial charge in [-0.05, 0) is 17.7 Å². The van der Waals surface area contributed by atoms with Crippen LogP contribution in [0.2, 0.25) is 0 Å². The molecule has 1 unspecified atom stereocenters. The van der Waals surface area contributed by atoms with Crippen LogP contribution in [0.4, 0.5) is 0 Å². The Morgan fingerprint density at radius 3 is 2.54 bits per heavy atom. The van der Waals surface area contributed by atoms with E-state index in [4.69, 9.17) is 0 Å². The minimum absolute atomic E-state index is 0.323. The van der Waals surface area contributed by atoms with Crippen LogP contribution >= 0.6 is 0 Å². The van der Waals surface area contributed by atoms with Crippen LogP contribution < -0.4 is 10.6 Å². The molecule has 2 amide bonds. The summed E-state index contributed by atoms with van der Waals surface area (Å²) >= 11 is 0. The first kappa shape index (κ1) is 17.6. The number of para-hydroxylation sites is 1. The lowest BCUT2D eigenvalue weighted by molar-refractivity contribution is -0.124. The molecule has 0 bridgehead atoms. The Morgan fingerprint density at radius 2 is 1.77 bits per heavy atom. The van der Waals surface area contributed by atoms with Gasteiger partial charge in [0.25, 0.3) is 5.91 Å². The SMILES string of the molecule is O=C(NC(CO)C(=O)NCc1ccccc1)c1cnc2ccccc2c1. The minimum atomic E-state index is -1.03. The van der Waals surface area contributed by atoms with Crippen LogP contribution in [0.1, 0.15) is 15.9 Å². The monoisotopic (exact) mass is 349 g/mol. The highest BCUT2D eigenvalue weighted by Crippen LogP contribution is 2.12. The lowest BCUT2D eigenvalue weighted by atomic mass is 10.1. The molecule has 26 heavy (non-hydrogen) atoms. The van der Waals surface area contributed by atoms with Crippen molar-refractivity contribution in [2.75, 3.05) is 6.61 Å². The molecular weight excluding hydrogens is 330 g/mol. The number of rotatable bonds is 6. The number of benzene rings is 2. The Bertz CT molecular complexity index is 912. The summed E-state index contributed by atoms with van der Waals surface area (Å²) in [5.41, 5.74) is 2.05. The normalized spacial score (nSPS) is 11.7. The van der Waals surface area contributed by atoms with Gasteiger partial charge >= 0.3 is 0 Å². The van der Waals surface area contributed by atoms with Gasteiger partial charge in [0.15, 0.2) is 0 Å². The van der Waals surface area contributed by atoms with Crippen molar-refractivity contribution in [3.05, 3.63) is 78.0 Å². The second-order valence-corrected chi connectivity index (χ2v) is 5.83. The van der Waals surface area contributed by atoms with Crippen molar-refractivity contribution in [1.82, 2.24) is 15.6 Å². The van der Waals surface area contributed by atoms with E-state index in [1.54, 1.807) is 6.07 Å². The number of amides is 2. The molecule has 3 N–H and O–H groups in total. The van der Waals surface area contributed by atoms with E-state index < -0.39 is 24.5 Å². The molecule has 1 heterocycles. The van der Waals surface area contributed by atoms with Gasteiger partial charge in [-0.25, -0.2) is 0 Å². The van der Waals surface area contributed by atoms with E-state index in [9.17, 15) is 14.7 Å². The van der Waals surface area contributed by atoms with Gasteiger partial charge in [0.05, 0.1) is 17.7 Å². The number of fused-ring (bicyclic) bond motifs is 1. The maximum absolute atomic E-state index is 12.4. The average molecular weight is 349 g/mol. The molecule has 0 radical (unpaired) electrons. The molecule has 0 fully saturated rings. The fourth-order valence-electron chi connectivity index (χ4n) is 2.54. The molecule has 2 aromatic carbocycles. The Hall–Kier alpha value is -3.25. The number of hydrogen-bond acceptors (Lipinski definition) is 4. The molecule has 0 saturated heterocycles. The molecule has 0 aliphatic heterocycles. The number of aromatic nitrogens is 1. The predicted molar refractivity (Wildman–Crippen MR) is 98.4 cm³/mol. The van der Waals surface area contributed by atoms with Gasteiger partial charge in [-0.15, -0.1) is 0 Å². The highest BCUT2D eigenvalue weighted by Gasteiger charge is 2.20. The number of carbonyl (C=O) groups is 2. The minimum Gasteiger partial charge on any atom is -0.394 e. The van der Waals surface area contributed by atoms with Crippen molar-refractivity contribution in [3.8, 4) is 0 Å². The molecule has 1 aromatic heterocycles. The van der Waals surface area contributed by atoms with Gasteiger partial charge < -0.3 is 15.7 Å². The number of pyridine rings is 1. The van der Waals surface area contributed by atoms with Gasteiger partial charge in [-0.1, -0.05) is 48.5 Å². The van der Waals surface area contributed by atoms with Crippen LogP contribution in [0.25, 0.3) is 10.9 Å². The van der Waals surface area contributed by atoms with E-state index in [2.05, 4.69) is 15.6 Å². The maximum atomic E-state index is 12.4. The maximum Gasteiger partial charge on any atom is 0.253 e. The summed E-state index contributed by atoms with van der Waals surface area (Å²) in [6.45, 7) is -0.170. The molecular formula is C20H19N3O3. The lowest BCUT2D eigenvalue weighted by Crippen LogP contribution is -2.48. The van der Waals surface area contributed by atoms with E-state index in [0.29, 0.717) is 12.1 Å². The van der Waals surface area contributed by atoms with Gasteiger partial charge in [-0.3, -0.25) is 14.6 Å². The van der Waals surface area contributed by atoms with E-state index in [1.807, 2.05) is 54.6 Å². The van der Waals surface area contributed by atoms with Crippen molar-refractivity contribution in [2.45, 2.75) is 12.6 Å². The van der Waals surface area contributed by atoms with Crippen molar-refractivity contribution < 1.29 is 14.7 Å². The second kappa shape index (κ2) is 8.22. The van der Waals surface area contributed by atoms with Crippen LogP contribution in [0.5, 0.6) is 0 Å². The Kier molecular flexibility index (Phi) is 5.56. The molecule has 6 heteroatoms. The summed E-state index contributed by atoms with van der Waals surface area (Å²) in [4.78, 5) is 28.9. The third kappa shape index (κ3) is 4.23. The summed E-state index contributed by atoms with van der Waals surface area (Å²) in [6.07, 6.45) is 1.45. The lowest BCUT2D eigenvalue weighted by Gasteiger charge is -2.16. The zero-order valence-corrected chi connectivity index (χ0v) is 14.1. The summed E-state index contributed by atoms with van der Waals surface area (Å²) in [6, 6.07) is 17.5. The first-order valence-corrected chi connectivity index (χ1v) is 8.25. The molecule has 6 nitrogen and oxygen atoms in total. The summed E-state index contributed by atoms with van der Waals surface area (Å²) in [7, 11) is 0. The topological polar surface area (TPSA) is 91.3 Å². The fourth-order valence-corrected chi connectivity index (χ4v) is 2.54. The van der Waals surface area contributed by atoms with Crippen LogP contribution in [-0.2, 0) is 11.3 Å². The van der Waals surface area contributed by atoms with Crippen LogP contribution in [0.3, 0.4) is 0 Å². The van der Waals surface area contributed by atoms with Gasteiger partial charge in [0.2, 0.25) is 5.91 Å². The van der Waals surface area contributed by atoms with E-state index in [0.717, 1.165) is 16.5 Å². The third-order valence-corrected chi connectivity index (χ3v) is 3.97. The molecule has 132 valence electrons. The standard InChI is InChI=1S/C20H19N3O3/c24-13-18(20(26)22-11-14-6-2-1-3-7-14)23-19(25)16-10-15-8-4-5-9-17(15)21-12-16/h1-10,12,18,24H,11,13H2,(H,22,26)(H,23,25). The Balaban J connectivity index is 1.64. The fraction of sp³-hybridized carbons (Fsp3) is 0.150. The van der Waals surface area contributed by atoms with E-state index >= 15 is 0 Å². The Morgan fingerprint density at radius 1 is 1.04 bits per heavy atom. The molecule has 0 aliphatic carbocycles. The second-order valence-electron chi connectivity index (χ2n) is 5.83. The number of aliphatic hydroxyl groups excluding tert-OH is 1. The summed E-state index contributed by atoms with van der Waals surface area (Å²) in [5.74, 6) is -0.907. The zero-order chi connectivity index (χ0) is 18.4. The third-order valence-electron chi connectivity index (χ3n) is 3.97. The molecule has 0 saturated carbocycles. The largest absolute Gasteiger partial charge is 0.394 e. The number of carbonyl (C=O) groups excluding carboxylic acids is 2. The van der Waals surface area contributed by atoms with Crippen molar-refractivity contribution in [3.63, 3.8) is 0 Å². The number of nitrogens with zero attached hydrogens (tertiary/aromatic N) is 1. The number of nitrogens with one attached hydrogen (secondary N) is 2. The predicted octanol–water partition coefficient (Wildman–Crippen LogP) is 1.64. The van der Waals surface area contributed by atoms with Crippen molar-refractivity contribution in [2.24, 2.45) is 0 Å². The molecule has 3 aromatic rings. The van der Waals surface area contributed by atoms with Crippen molar-refractivity contribution in [1.29, 1.82) is 0 Å². The first-order valence-electron chi connectivity index (χ1n) is 8.25. The molecule has 1 atom stereocenters. The smallest absolute Gasteiger partial charge is 0.253 e. The van der Waals surface area contributed by atoms with Crippen LogP contribution in [-0.4, -0.2) is 34.6 Å². The molecule has 0 spiro atoms. The van der Waals surface area contributed by atoms with Gasteiger partial charge in [0, 0.05) is 18.1 Å². The molecule has 3 rings (SSSR count). The van der Waals surface area contributed by atoms with E-state index in [1.165, 1.54) is 6.20 Å². The Labute approximate surface area is 150 Å². The summed E-state index contributed by atoms with van der Waals surface area (Å²) < 4.78 is 0.